The van der Waals surface area contributed by atoms with Crippen LogP contribution in [0.2, 0.25) is 0 Å². The number of nitrogen functional groups attached to an aromatic ring is 1. The van der Waals surface area contributed by atoms with Gasteiger partial charge in [-0.3, -0.25) is 0 Å². The Morgan fingerprint density at radius 3 is 2.37 bits per heavy atom. The minimum atomic E-state index is -0.274. The number of anilines is 1. The van der Waals surface area contributed by atoms with E-state index in [1.807, 2.05) is 26.0 Å². The number of aryl methyl sites for hydroxylation is 2. The number of hydrogen-bond donors (Lipinski definition) is 1. The van der Waals surface area contributed by atoms with Crippen molar-refractivity contribution in [1.82, 2.24) is 0 Å². The molecule has 0 radical (unpaired) electrons. The second-order valence-corrected chi connectivity index (χ2v) is 5.38. The van der Waals surface area contributed by atoms with Crippen LogP contribution in [0.15, 0.2) is 34.8 Å². The van der Waals surface area contributed by atoms with Gasteiger partial charge in [-0.05, 0) is 70.7 Å². The lowest BCUT2D eigenvalue weighted by Crippen LogP contribution is -2.00. The van der Waals surface area contributed by atoms with E-state index in [4.69, 9.17) is 10.5 Å². The van der Waals surface area contributed by atoms with Crippen LogP contribution >= 0.6 is 15.9 Å². The van der Waals surface area contributed by atoms with Gasteiger partial charge in [0.05, 0.1) is 4.47 Å². The molecule has 0 aliphatic rings. The van der Waals surface area contributed by atoms with Gasteiger partial charge in [-0.15, -0.1) is 0 Å². The van der Waals surface area contributed by atoms with Gasteiger partial charge >= 0.3 is 0 Å². The van der Waals surface area contributed by atoms with Crippen molar-refractivity contribution in [2.75, 3.05) is 5.73 Å². The summed E-state index contributed by atoms with van der Waals surface area (Å²) in [6.45, 7) is 4.31. The van der Waals surface area contributed by atoms with Crippen molar-refractivity contribution in [3.8, 4) is 5.75 Å². The Balaban J connectivity index is 2.16. The van der Waals surface area contributed by atoms with E-state index in [0.29, 0.717) is 11.1 Å². The molecule has 0 aliphatic carbocycles. The van der Waals surface area contributed by atoms with E-state index >= 15 is 0 Å². The average molecular weight is 324 g/mol. The SMILES string of the molecule is Cc1cc(N)cc(C)c1OCc1ccc(F)c(Br)c1. The van der Waals surface area contributed by atoms with Crippen molar-refractivity contribution >= 4 is 21.6 Å². The van der Waals surface area contributed by atoms with Crippen LogP contribution in [-0.4, -0.2) is 0 Å². The molecule has 0 atom stereocenters. The normalized spacial score (nSPS) is 10.5. The maximum Gasteiger partial charge on any atom is 0.137 e. The van der Waals surface area contributed by atoms with Crippen LogP contribution < -0.4 is 10.5 Å². The maximum atomic E-state index is 13.1. The Bertz CT molecular complexity index is 590. The lowest BCUT2D eigenvalue weighted by atomic mass is 10.1. The fourth-order valence-electron chi connectivity index (χ4n) is 2.00. The third-order valence-electron chi connectivity index (χ3n) is 2.85. The van der Waals surface area contributed by atoms with Gasteiger partial charge in [0.2, 0.25) is 0 Å². The first-order valence-electron chi connectivity index (χ1n) is 5.91. The van der Waals surface area contributed by atoms with Crippen LogP contribution in [0.5, 0.6) is 5.75 Å². The lowest BCUT2D eigenvalue weighted by Gasteiger charge is -2.13. The molecular formula is C15H15BrFNO. The second-order valence-electron chi connectivity index (χ2n) is 4.52. The van der Waals surface area contributed by atoms with Gasteiger partial charge in [-0.2, -0.15) is 0 Å². The molecule has 0 unspecified atom stereocenters. The van der Waals surface area contributed by atoms with Gasteiger partial charge in [0.15, 0.2) is 0 Å². The van der Waals surface area contributed by atoms with Crippen LogP contribution in [0, 0.1) is 19.7 Å². The average Bonchev–Trinajstić information content (AvgIpc) is 2.32. The van der Waals surface area contributed by atoms with E-state index in [1.54, 1.807) is 12.1 Å². The number of benzene rings is 2. The van der Waals surface area contributed by atoms with Gasteiger partial charge in [-0.1, -0.05) is 6.07 Å². The Labute approximate surface area is 120 Å². The number of nitrogens with two attached hydrogens (primary N) is 1. The zero-order chi connectivity index (χ0) is 14.0. The highest BCUT2D eigenvalue weighted by Crippen LogP contribution is 2.27. The molecule has 2 aromatic rings. The summed E-state index contributed by atoms with van der Waals surface area (Å²) in [5, 5.41) is 0. The molecule has 0 aromatic heterocycles. The topological polar surface area (TPSA) is 35.2 Å². The molecular weight excluding hydrogens is 309 g/mol. The van der Waals surface area contributed by atoms with Crippen LogP contribution in [0.4, 0.5) is 10.1 Å². The monoisotopic (exact) mass is 323 g/mol. The minimum absolute atomic E-state index is 0.274. The number of halogens is 2. The molecule has 100 valence electrons. The summed E-state index contributed by atoms with van der Waals surface area (Å²) in [6.07, 6.45) is 0. The molecule has 0 bridgehead atoms. The molecule has 2 aromatic carbocycles. The number of ether oxygens (including phenoxy) is 1. The molecule has 0 saturated carbocycles. The largest absolute Gasteiger partial charge is 0.488 e. The molecule has 0 spiro atoms. The van der Waals surface area contributed by atoms with E-state index in [9.17, 15) is 4.39 Å². The molecule has 0 fully saturated rings. The van der Waals surface area contributed by atoms with Crippen LogP contribution in [0.3, 0.4) is 0 Å². The van der Waals surface area contributed by atoms with E-state index in [-0.39, 0.29) is 5.82 Å². The van der Waals surface area contributed by atoms with Gasteiger partial charge in [0.25, 0.3) is 0 Å². The van der Waals surface area contributed by atoms with E-state index in [0.717, 1.165) is 28.1 Å². The standard InChI is InChI=1S/C15H15BrFNO/c1-9-5-12(18)6-10(2)15(9)19-8-11-3-4-14(17)13(16)7-11/h3-7H,8,18H2,1-2H3. The highest BCUT2D eigenvalue weighted by atomic mass is 79.9. The second kappa shape index (κ2) is 5.61. The molecule has 0 saturated heterocycles. The first-order chi connectivity index (χ1) is 8.97. The Morgan fingerprint density at radius 1 is 1.16 bits per heavy atom. The summed E-state index contributed by atoms with van der Waals surface area (Å²) < 4.78 is 19.4. The van der Waals surface area contributed by atoms with Crippen LogP contribution in [0.1, 0.15) is 16.7 Å². The predicted molar refractivity (Wildman–Crippen MR) is 78.8 cm³/mol. The molecule has 2 N–H and O–H groups in total. The third-order valence-corrected chi connectivity index (χ3v) is 3.46. The van der Waals surface area contributed by atoms with Crippen molar-refractivity contribution in [3.63, 3.8) is 0 Å². The zero-order valence-corrected chi connectivity index (χ0v) is 12.4. The van der Waals surface area contributed by atoms with Crippen LogP contribution in [-0.2, 0) is 6.61 Å². The van der Waals surface area contributed by atoms with Crippen molar-refractivity contribution in [1.29, 1.82) is 0 Å². The van der Waals surface area contributed by atoms with E-state index in [2.05, 4.69) is 15.9 Å². The van der Waals surface area contributed by atoms with E-state index in [1.165, 1.54) is 6.07 Å². The lowest BCUT2D eigenvalue weighted by molar-refractivity contribution is 0.302. The summed E-state index contributed by atoms with van der Waals surface area (Å²) in [5.74, 6) is 0.554. The van der Waals surface area contributed by atoms with Gasteiger partial charge in [-0.25, -0.2) is 4.39 Å². The van der Waals surface area contributed by atoms with Crippen molar-refractivity contribution in [3.05, 3.63) is 57.3 Å². The summed E-state index contributed by atoms with van der Waals surface area (Å²) in [7, 11) is 0. The summed E-state index contributed by atoms with van der Waals surface area (Å²) in [6, 6.07) is 8.61. The van der Waals surface area contributed by atoms with Gasteiger partial charge in [0, 0.05) is 5.69 Å². The van der Waals surface area contributed by atoms with Crippen molar-refractivity contribution < 1.29 is 9.13 Å². The molecule has 0 heterocycles. The summed E-state index contributed by atoms with van der Waals surface area (Å²) >= 11 is 3.16. The maximum absolute atomic E-state index is 13.1. The molecule has 19 heavy (non-hydrogen) atoms. The molecule has 0 amide bonds. The highest BCUT2D eigenvalue weighted by molar-refractivity contribution is 9.10. The fourth-order valence-corrected chi connectivity index (χ4v) is 2.42. The molecule has 0 aliphatic heterocycles. The molecule has 2 nitrogen and oxygen atoms in total. The summed E-state index contributed by atoms with van der Waals surface area (Å²) in [5.41, 5.74) is 9.40. The summed E-state index contributed by atoms with van der Waals surface area (Å²) in [4.78, 5) is 0. The molecule has 2 rings (SSSR count). The van der Waals surface area contributed by atoms with E-state index < -0.39 is 0 Å². The predicted octanol–water partition coefficient (Wildman–Crippen LogP) is 4.37. The molecule has 4 heteroatoms. The Kier molecular flexibility index (Phi) is 4.10. The van der Waals surface area contributed by atoms with Crippen molar-refractivity contribution in [2.45, 2.75) is 20.5 Å². The minimum Gasteiger partial charge on any atom is -0.488 e. The Morgan fingerprint density at radius 2 is 1.79 bits per heavy atom. The van der Waals surface area contributed by atoms with Crippen LogP contribution in [0.25, 0.3) is 0 Å². The highest BCUT2D eigenvalue weighted by Gasteiger charge is 2.07. The van der Waals surface area contributed by atoms with Gasteiger partial charge < -0.3 is 10.5 Å². The quantitative estimate of drug-likeness (QED) is 0.851. The van der Waals surface area contributed by atoms with Crippen molar-refractivity contribution in [2.24, 2.45) is 0 Å². The number of rotatable bonds is 3. The fraction of sp³-hybridized carbons (Fsp3) is 0.200. The first-order valence-corrected chi connectivity index (χ1v) is 6.70. The third kappa shape index (κ3) is 3.26. The number of hydrogen-bond acceptors (Lipinski definition) is 2. The first kappa shape index (κ1) is 13.9. The smallest absolute Gasteiger partial charge is 0.137 e. The zero-order valence-electron chi connectivity index (χ0n) is 10.8. The Hall–Kier alpha value is -1.55. The van der Waals surface area contributed by atoms with Gasteiger partial charge in [0.1, 0.15) is 18.2 Å².